The first-order valence-electron chi connectivity index (χ1n) is 7.67. The monoisotopic (exact) mass is 347 g/mol. The van der Waals surface area contributed by atoms with Crippen molar-refractivity contribution in [3.05, 3.63) is 29.8 Å². The highest BCUT2D eigenvalue weighted by Gasteiger charge is 2.42. The van der Waals surface area contributed by atoms with Gasteiger partial charge in [-0.15, -0.1) is 0 Å². The molecule has 0 unspecified atom stereocenters. The minimum Gasteiger partial charge on any atom is -0.347 e. The van der Waals surface area contributed by atoms with Gasteiger partial charge in [0.25, 0.3) is 0 Å². The Balaban J connectivity index is 1.63. The average Bonchev–Trinajstić information content (AvgIpc) is 2.91. The van der Waals surface area contributed by atoms with E-state index in [0.29, 0.717) is 6.07 Å². The van der Waals surface area contributed by atoms with Crippen LogP contribution in [0.1, 0.15) is 32.1 Å². The average molecular weight is 347 g/mol. The largest absolute Gasteiger partial charge is 0.347 e. The molecule has 2 fully saturated rings. The van der Waals surface area contributed by atoms with Crippen LogP contribution < -0.4 is 4.72 Å². The van der Waals surface area contributed by atoms with Gasteiger partial charge in [-0.05, 0) is 31.0 Å². The van der Waals surface area contributed by atoms with E-state index in [1.54, 1.807) is 0 Å². The van der Waals surface area contributed by atoms with Gasteiger partial charge >= 0.3 is 0 Å². The van der Waals surface area contributed by atoms with E-state index in [9.17, 15) is 17.2 Å². The van der Waals surface area contributed by atoms with E-state index >= 15 is 0 Å². The normalized spacial score (nSPS) is 24.2. The molecule has 128 valence electrons. The molecule has 1 spiro atoms. The fourth-order valence-corrected chi connectivity index (χ4v) is 4.19. The summed E-state index contributed by atoms with van der Waals surface area (Å²) in [6.45, 7) is 0.244. The standard InChI is InChI=1S/C15H19F2NO4S/c16-11-4-5-13(17)14(8-11)23(19,20)18-9-12-10-21-15(22-12)6-2-1-3-7-15/h4-5,8,12,18H,1-3,6-7,9-10H2/t12-/m0/s1. The van der Waals surface area contributed by atoms with Gasteiger partial charge in [0, 0.05) is 19.4 Å². The molecule has 3 rings (SSSR count). The van der Waals surface area contributed by atoms with Gasteiger partial charge in [0.05, 0.1) is 12.7 Å². The Hall–Kier alpha value is -1.09. The molecule has 0 amide bonds. The lowest BCUT2D eigenvalue weighted by Crippen LogP contribution is -2.37. The predicted molar refractivity (Wildman–Crippen MR) is 78.2 cm³/mol. The van der Waals surface area contributed by atoms with E-state index in [4.69, 9.17) is 9.47 Å². The summed E-state index contributed by atoms with van der Waals surface area (Å²) in [4.78, 5) is -0.705. The van der Waals surface area contributed by atoms with Gasteiger partial charge in [0.1, 0.15) is 16.5 Å². The van der Waals surface area contributed by atoms with Crippen molar-refractivity contribution in [1.82, 2.24) is 4.72 Å². The molecule has 1 aromatic carbocycles. The van der Waals surface area contributed by atoms with E-state index in [2.05, 4.69) is 4.72 Å². The molecule has 0 radical (unpaired) electrons. The first-order chi connectivity index (χ1) is 10.9. The first kappa shape index (κ1) is 16.8. The number of halogens is 2. The summed E-state index contributed by atoms with van der Waals surface area (Å²) in [5, 5.41) is 0. The molecule has 1 N–H and O–H groups in total. The Labute approximate surface area is 134 Å². The molecule has 0 aromatic heterocycles. The molecule has 1 heterocycles. The Morgan fingerprint density at radius 3 is 2.70 bits per heavy atom. The molecule has 1 aliphatic carbocycles. The maximum atomic E-state index is 13.6. The van der Waals surface area contributed by atoms with Crippen molar-refractivity contribution in [3.8, 4) is 0 Å². The fourth-order valence-electron chi connectivity index (χ4n) is 3.03. The lowest BCUT2D eigenvalue weighted by molar-refractivity contribution is -0.186. The molecular formula is C15H19F2NO4S. The first-order valence-corrected chi connectivity index (χ1v) is 9.15. The fraction of sp³-hybridized carbons (Fsp3) is 0.600. The molecule has 8 heteroatoms. The summed E-state index contributed by atoms with van der Waals surface area (Å²) >= 11 is 0. The van der Waals surface area contributed by atoms with Crippen LogP contribution in [0, 0.1) is 11.6 Å². The third kappa shape index (κ3) is 3.71. The van der Waals surface area contributed by atoms with Crippen LogP contribution in [-0.4, -0.2) is 33.5 Å². The van der Waals surface area contributed by atoms with Crippen molar-refractivity contribution in [2.24, 2.45) is 0 Å². The van der Waals surface area contributed by atoms with Crippen LogP contribution in [0.15, 0.2) is 23.1 Å². The number of rotatable bonds is 4. The predicted octanol–water partition coefficient (Wildman–Crippen LogP) is 2.32. The Kier molecular flexibility index (Phi) is 4.68. The van der Waals surface area contributed by atoms with Gasteiger partial charge in [-0.1, -0.05) is 6.42 Å². The zero-order valence-electron chi connectivity index (χ0n) is 12.6. The Morgan fingerprint density at radius 1 is 1.22 bits per heavy atom. The number of nitrogens with one attached hydrogen (secondary N) is 1. The van der Waals surface area contributed by atoms with Crippen molar-refractivity contribution >= 4 is 10.0 Å². The van der Waals surface area contributed by atoms with Crippen molar-refractivity contribution in [2.75, 3.05) is 13.2 Å². The topological polar surface area (TPSA) is 64.6 Å². The molecule has 1 aromatic rings. The molecule has 1 aliphatic heterocycles. The Morgan fingerprint density at radius 2 is 1.96 bits per heavy atom. The van der Waals surface area contributed by atoms with Crippen LogP contribution in [0.4, 0.5) is 8.78 Å². The summed E-state index contributed by atoms with van der Waals surface area (Å²) in [6, 6.07) is 2.32. The van der Waals surface area contributed by atoms with Crippen LogP contribution in [0.2, 0.25) is 0 Å². The Bertz CT molecular complexity index is 674. The van der Waals surface area contributed by atoms with E-state index < -0.39 is 38.4 Å². The summed E-state index contributed by atoms with van der Waals surface area (Å²) in [7, 11) is -4.14. The molecule has 1 atom stereocenters. The lowest BCUT2D eigenvalue weighted by Gasteiger charge is -2.31. The van der Waals surface area contributed by atoms with Gasteiger partial charge < -0.3 is 9.47 Å². The SMILES string of the molecule is O=S(=O)(NC[C@H]1COC2(CCCCC2)O1)c1cc(F)ccc1F. The van der Waals surface area contributed by atoms with Gasteiger partial charge in [0.2, 0.25) is 10.0 Å². The maximum Gasteiger partial charge on any atom is 0.243 e. The summed E-state index contributed by atoms with van der Waals surface area (Å²) in [5.74, 6) is -2.40. The molecule has 0 bridgehead atoms. The zero-order chi connectivity index (χ0) is 16.5. The second kappa shape index (κ2) is 6.43. The summed E-state index contributed by atoms with van der Waals surface area (Å²) in [5.41, 5.74) is 0. The van der Waals surface area contributed by atoms with E-state index in [-0.39, 0.29) is 13.2 Å². The highest BCUT2D eigenvalue weighted by Crippen LogP contribution is 2.37. The van der Waals surface area contributed by atoms with Crippen molar-refractivity contribution in [3.63, 3.8) is 0 Å². The van der Waals surface area contributed by atoms with Gasteiger partial charge in [0.15, 0.2) is 5.79 Å². The molecule has 1 saturated heterocycles. The van der Waals surface area contributed by atoms with Crippen LogP contribution >= 0.6 is 0 Å². The number of benzene rings is 1. The van der Waals surface area contributed by atoms with Crippen LogP contribution in [0.5, 0.6) is 0 Å². The molecule has 2 aliphatic rings. The van der Waals surface area contributed by atoms with E-state index in [0.717, 1.165) is 44.2 Å². The van der Waals surface area contributed by atoms with Crippen molar-refractivity contribution < 1.29 is 26.7 Å². The smallest absolute Gasteiger partial charge is 0.243 e. The van der Waals surface area contributed by atoms with Crippen LogP contribution in [0.25, 0.3) is 0 Å². The van der Waals surface area contributed by atoms with Crippen LogP contribution in [0.3, 0.4) is 0 Å². The third-order valence-electron chi connectivity index (χ3n) is 4.21. The zero-order valence-corrected chi connectivity index (χ0v) is 13.4. The van der Waals surface area contributed by atoms with E-state index in [1.165, 1.54) is 0 Å². The maximum absolute atomic E-state index is 13.6. The van der Waals surface area contributed by atoms with Gasteiger partial charge in [-0.3, -0.25) is 0 Å². The lowest BCUT2D eigenvalue weighted by atomic mass is 9.94. The second-order valence-corrected chi connectivity index (χ2v) is 7.68. The molecule has 23 heavy (non-hydrogen) atoms. The molecule has 5 nitrogen and oxygen atoms in total. The quantitative estimate of drug-likeness (QED) is 0.908. The van der Waals surface area contributed by atoms with E-state index in [1.807, 2.05) is 0 Å². The number of ether oxygens (including phenoxy) is 2. The summed E-state index contributed by atoms with van der Waals surface area (Å²) in [6.07, 6.45) is 4.35. The number of hydrogen-bond acceptors (Lipinski definition) is 4. The van der Waals surface area contributed by atoms with Crippen LogP contribution in [-0.2, 0) is 19.5 Å². The number of sulfonamides is 1. The minimum atomic E-state index is -4.14. The highest BCUT2D eigenvalue weighted by molar-refractivity contribution is 7.89. The number of hydrogen-bond donors (Lipinski definition) is 1. The second-order valence-electron chi connectivity index (χ2n) is 5.95. The highest BCUT2D eigenvalue weighted by atomic mass is 32.2. The molecular weight excluding hydrogens is 328 g/mol. The van der Waals surface area contributed by atoms with Gasteiger partial charge in [-0.2, -0.15) is 0 Å². The third-order valence-corrected chi connectivity index (χ3v) is 5.65. The van der Waals surface area contributed by atoms with Gasteiger partial charge in [-0.25, -0.2) is 21.9 Å². The van der Waals surface area contributed by atoms with Crippen molar-refractivity contribution in [1.29, 1.82) is 0 Å². The van der Waals surface area contributed by atoms with Crippen molar-refractivity contribution in [2.45, 2.75) is 48.9 Å². The molecule has 1 saturated carbocycles. The summed E-state index contributed by atoms with van der Waals surface area (Å²) < 4.78 is 64.8. The minimum absolute atomic E-state index is 0.0416.